The van der Waals surface area contributed by atoms with E-state index >= 15 is 0 Å². The average molecular weight is 172 g/mol. The lowest BCUT2D eigenvalue weighted by atomic mass is 10.3. The highest BCUT2D eigenvalue weighted by Gasteiger charge is 2.33. The molecule has 1 aliphatic heterocycles. The van der Waals surface area contributed by atoms with Crippen molar-refractivity contribution in [3.8, 4) is 12.3 Å². The first-order valence-corrected chi connectivity index (χ1v) is 4.85. The van der Waals surface area contributed by atoms with Crippen molar-refractivity contribution >= 4 is 7.60 Å². The Morgan fingerprint density at radius 1 is 1.82 bits per heavy atom. The monoisotopic (exact) mass is 172 g/mol. The SMILES string of the molecule is C#CC1=C(C)CP(=O)(OC)O1. The van der Waals surface area contributed by atoms with Crippen molar-refractivity contribution in [2.24, 2.45) is 0 Å². The molecule has 0 fully saturated rings. The number of allylic oxidation sites excluding steroid dienone is 2. The highest BCUT2D eigenvalue weighted by atomic mass is 31.2. The van der Waals surface area contributed by atoms with Gasteiger partial charge in [0.15, 0.2) is 5.76 Å². The predicted molar refractivity (Wildman–Crippen MR) is 42.1 cm³/mol. The smallest absolute Gasteiger partial charge is 0.383 e. The Hall–Kier alpha value is -0.710. The first-order valence-electron chi connectivity index (χ1n) is 3.12. The summed E-state index contributed by atoms with van der Waals surface area (Å²) in [5.41, 5.74) is 0.817. The maximum absolute atomic E-state index is 11.4. The molecular formula is C7H9O3P. The molecule has 1 rings (SSSR count). The van der Waals surface area contributed by atoms with Crippen molar-refractivity contribution in [2.75, 3.05) is 13.3 Å². The summed E-state index contributed by atoms with van der Waals surface area (Å²) in [4.78, 5) is 0. The molecule has 0 amide bonds. The second-order valence-electron chi connectivity index (χ2n) is 2.30. The van der Waals surface area contributed by atoms with Gasteiger partial charge >= 0.3 is 7.60 Å². The molecule has 1 unspecified atom stereocenters. The molecule has 0 aromatic carbocycles. The third-order valence-corrected chi connectivity index (χ3v) is 3.34. The standard InChI is InChI=1S/C7H9O3P/c1-4-7-6(2)5-11(8,9-3)10-7/h1H,5H2,2-3H3. The summed E-state index contributed by atoms with van der Waals surface area (Å²) < 4.78 is 21.0. The molecule has 0 spiro atoms. The zero-order valence-corrected chi connectivity index (χ0v) is 7.35. The quantitative estimate of drug-likeness (QED) is 0.446. The maximum atomic E-state index is 11.4. The largest absolute Gasteiger partial charge is 0.415 e. The molecule has 1 atom stereocenters. The minimum Gasteiger partial charge on any atom is -0.415 e. The highest BCUT2D eigenvalue weighted by molar-refractivity contribution is 7.54. The second kappa shape index (κ2) is 2.73. The van der Waals surface area contributed by atoms with E-state index in [-0.39, 0.29) is 0 Å². The summed E-state index contributed by atoms with van der Waals surface area (Å²) in [6, 6.07) is 0. The highest BCUT2D eigenvalue weighted by Crippen LogP contribution is 2.55. The molecule has 0 saturated carbocycles. The summed E-state index contributed by atoms with van der Waals surface area (Å²) in [5.74, 6) is 2.67. The van der Waals surface area contributed by atoms with Gasteiger partial charge in [0, 0.05) is 7.11 Å². The molecule has 0 saturated heterocycles. The summed E-state index contributed by atoms with van der Waals surface area (Å²) in [5, 5.41) is 0. The second-order valence-corrected chi connectivity index (χ2v) is 4.38. The van der Waals surface area contributed by atoms with Crippen LogP contribution in [0.4, 0.5) is 0 Å². The van der Waals surface area contributed by atoms with E-state index in [2.05, 4.69) is 5.92 Å². The van der Waals surface area contributed by atoms with Crippen molar-refractivity contribution in [2.45, 2.75) is 6.92 Å². The van der Waals surface area contributed by atoms with E-state index in [1.807, 2.05) is 0 Å². The molecular weight excluding hydrogens is 163 g/mol. The van der Waals surface area contributed by atoms with E-state index in [1.165, 1.54) is 7.11 Å². The van der Waals surface area contributed by atoms with Crippen molar-refractivity contribution in [1.82, 2.24) is 0 Å². The third-order valence-electron chi connectivity index (χ3n) is 1.46. The first-order chi connectivity index (χ1) is 5.11. The van der Waals surface area contributed by atoms with Crippen molar-refractivity contribution in [1.29, 1.82) is 0 Å². The molecule has 0 radical (unpaired) electrons. The van der Waals surface area contributed by atoms with Crippen LogP contribution in [-0.4, -0.2) is 13.3 Å². The average Bonchev–Trinajstić information content (AvgIpc) is 2.27. The molecule has 4 heteroatoms. The van der Waals surface area contributed by atoms with Gasteiger partial charge in [-0.15, -0.1) is 6.42 Å². The number of hydrogen-bond acceptors (Lipinski definition) is 3. The van der Waals surface area contributed by atoms with Crippen LogP contribution in [0.1, 0.15) is 6.92 Å². The Bertz CT molecular complexity index is 285. The topological polar surface area (TPSA) is 35.5 Å². The summed E-state index contributed by atoms with van der Waals surface area (Å²) in [7, 11) is -1.54. The Morgan fingerprint density at radius 3 is 2.73 bits per heavy atom. The fraction of sp³-hybridized carbons (Fsp3) is 0.429. The number of terminal acetylenes is 1. The summed E-state index contributed by atoms with van der Waals surface area (Å²) >= 11 is 0. The van der Waals surface area contributed by atoms with E-state index in [4.69, 9.17) is 15.5 Å². The van der Waals surface area contributed by atoms with E-state index in [9.17, 15) is 4.57 Å². The Morgan fingerprint density at radius 2 is 2.45 bits per heavy atom. The number of rotatable bonds is 1. The molecule has 0 bridgehead atoms. The normalized spacial score (nSPS) is 29.9. The Balaban J connectivity index is 2.86. The predicted octanol–water partition coefficient (Wildman–Crippen LogP) is 1.76. The van der Waals surface area contributed by atoms with E-state index in [0.717, 1.165) is 5.57 Å². The molecule has 1 aliphatic rings. The molecule has 0 aromatic heterocycles. The Kier molecular flexibility index (Phi) is 2.08. The molecule has 60 valence electrons. The van der Waals surface area contributed by atoms with Crippen LogP contribution in [0.2, 0.25) is 0 Å². The fourth-order valence-corrected chi connectivity index (χ4v) is 2.34. The molecule has 0 aliphatic carbocycles. The first kappa shape index (κ1) is 8.39. The van der Waals surface area contributed by atoms with Crippen molar-refractivity contribution in [3.05, 3.63) is 11.3 Å². The van der Waals surface area contributed by atoms with Crippen LogP contribution < -0.4 is 0 Å². The minimum absolute atomic E-state index is 0.309. The lowest BCUT2D eigenvalue weighted by Gasteiger charge is -2.07. The zero-order chi connectivity index (χ0) is 8.48. The van der Waals surface area contributed by atoms with Gasteiger partial charge in [0.2, 0.25) is 0 Å². The van der Waals surface area contributed by atoms with Gasteiger partial charge in [-0.25, -0.2) is 4.57 Å². The summed E-state index contributed by atoms with van der Waals surface area (Å²) in [6.07, 6.45) is 5.40. The lowest BCUT2D eigenvalue weighted by molar-refractivity contribution is 0.302. The minimum atomic E-state index is -2.90. The van der Waals surface area contributed by atoms with Gasteiger partial charge in [0.25, 0.3) is 0 Å². The Labute approximate surface area is 65.9 Å². The van der Waals surface area contributed by atoms with Crippen LogP contribution >= 0.6 is 7.60 Å². The van der Waals surface area contributed by atoms with Crippen LogP contribution in [0, 0.1) is 12.3 Å². The summed E-state index contributed by atoms with van der Waals surface area (Å²) in [6.45, 7) is 1.79. The van der Waals surface area contributed by atoms with E-state index in [0.29, 0.717) is 11.9 Å². The third kappa shape index (κ3) is 1.48. The van der Waals surface area contributed by atoms with Crippen molar-refractivity contribution in [3.63, 3.8) is 0 Å². The zero-order valence-electron chi connectivity index (χ0n) is 6.46. The van der Waals surface area contributed by atoms with Crippen molar-refractivity contribution < 1.29 is 13.6 Å². The molecule has 0 aromatic rings. The van der Waals surface area contributed by atoms with Crippen LogP contribution in [0.3, 0.4) is 0 Å². The van der Waals surface area contributed by atoms with Gasteiger partial charge in [-0.2, -0.15) is 0 Å². The van der Waals surface area contributed by atoms with Crippen LogP contribution in [0.15, 0.2) is 11.3 Å². The molecule has 0 N–H and O–H groups in total. The van der Waals surface area contributed by atoms with Gasteiger partial charge in [0.05, 0.1) is 6.16 Å². The molecule has 3 nitrogen and oxygen atoms in total. The van der Waals surface area contributed by atoms with Gasteiger partial charge < -0.3 is 9.05 Å². The van der Waals surface area contributed by atoms with Gasteiger partial charge in [-0.3, -0.25) is 0 Å². The van der Waals surface area contributed by atoms with Crippen LogP contribution in [-0.2, 0) is 13.6 Å². The lowest BCUT2D eigenvalue weighted by Crippen LogP contribution is -1.86. The fourth-order valence-electron chi connectivity index (χ4n) is 0.863. The molecule has 11 heavy (non-hydrogen) atoms. The van der Waals surface area contributed by atoms with E-state index < -0.39 is 7.60 Å². The maximum Gasteiger partial charge on any atom is 0.383 e. The van der Waals surface area contributed by atoms with Crippen LogP contribution in [0.25, 0.3) is 0 Å². The van der Waals surface area contributed by atoms with Gasteiger partial charge in [-0.1, -0.05) is 0 Å². The number of hydrogen-bond donors (Lipinski definition) is 0. The van der Waals surface area contributed by atoms with Crippen LogP contribution in [0.5, 0.6) is 0 Å². The molecule has 1 heterocycles. The van der Waals surface area contributed by atoms with Gasteiger partial charge in [0.1, 0.15) is 0 Å². The van der Waals surface area contributed by atoms with Gasteiger partial charge in [-0.05, 0) is 18.4 Å². The van der Waals surface area contributed by atoms with E-state index in [1.54, 1.807) is 6.92 Å².